The molecule has 20 heavy (non-hydrogen) atoms. The number of carbonyl (C=O) groups is 2. The lowest BCUT2D eigenvalue weighted by molar-refractivity contribution is -0.135. The Morgan fingerprint density at radius 3 is 1.25 bits per heavy atom. The average Bonchev–Trinajstić information content (AvgIpc) is 2.44. The largest absolute Gasteiger partial charge is 0.291 e. The molecule has 0 amide bonds. The van der Waals surface area contributed by atoms with E-state index in [0.717, 1.165) is 20.1 Å². The van der Waals surface area contributed by atoms with E-state index < -0.39 is 0 Å². The van der Waals surface area contributed by atoms with Crippen LogP contribution in [0, 0.1) is 0 Å². The second-order valence-electron chi connectivity index (χ2n) is 4.45. The molecule has 0 atom stereocenters. The van der Waals surface area contributed by atoms with E-state index >= 15 is 0 Å². The minimum absolute atomic E-state index is 0.155. The summed E-state index contributed by atoms with van der Waals surface area (Å²) in [5.74, 6) is -0.703. The summed E-state index contributed by atoms with van der Waals surface area (Å²) in [5.41, 5.74) is 1.70. The minimum atomic E-state index is -0.352. The topological polar surface area (TPSA) is 34.1 Å². The van der Waals surface area contributed by atoms with Crippen molar-refractivity contribution in [1.29, 1.82) is 0 Å². The van der Waals surface area contributed by atoms with Crippen LogP contribution in [0.5, 0.6) is 0 Å². The molecule has 4 heteroatoms. The lowest BCUT2D eigenvalue weighted by Gasteiger charge is -2.02. The molecule has 0 saturated heterocycles. The van der Waals surface area contributed by atoms with Gasteiger partial charge in [-0.15, -0.1) is 0 Å². The molecular weight excluding hydrogens is 384 g/mol. The highest BCUT2D eigenvalue weighted by Crippen LogP contribution is 2.13. The normalized spacial score (nSPS) is 10.3. The van der Waals surface area contributed by atoms with Crippen LogP contribution < -0.4 is 0 Å². The Kier molecular flexibility index (Phi) is 5.26. The second kappa shape index (κ2) is 6.95. The molecule has 0 aromatic heterocycles. The number of Topliss-reactive ketones (excluding diaryl/α,β-unsaturated/α-hetero) is 2. The molecule has 0 radical (unpaired) electrons. The maximum atomic E-state index is 11.9. The molecular formula is C16H12Br2O2. The molecule has 0 fully saturated rings. The molecule has 0 saturated carbocycles. The molecule has 0 aliphatic rings. The molecule has 0 aliphatic carbocycles. The molecule has 0 N–H and O–H groups in total. The van der Waals surface area contributed by atoms with E-state index in [1.165, 1.54) is 0 Å². The van der Waals surface area contributed by atoms with Gasteiger partial charge in [-0.05, 0) is 35.4 Å². The first-order valence-corrected chi connectivity index (χ1v) is 7.68. The maximum absolute atomic E-state index is 11.9. The molecule has 102 valence electrons. The van der Waals surface area contributed by atoms with Gasteiger partial charge in [0.15, 0.2) is 0 Å². The standard InChI is InChI=1S/C16H12Br2O2/c17-13-5-1-11(2-6-13)9-15(19)16(20)10-12-3-7-14(18)8-4-12/h1-8H,9-10H2. The Hall–Kier alpha value is -1.26. The minimum Gasteiger partial charge on any atom is -0.291 e. The van der Waals surface area contributed by atoms with Crippen molar-refractivity contribution >= 4 is 43.4 Å². The van der Waals surface area contributed by atoms with Crippen molar-refractivity contribution in [3.05, 3.63) is 68.6 Å². The molecule has 0 aliphatic heterocycles. The zero-order chi connectivity index (χ0) is 14.5. The summed E-state index contributed by atoms with van der Waals surface area (Å²) in [7, 11) is 0. The van der Waals surface area contributed by atoms with E-state index in [0.29, 0.717) is 0 Å². The van der Waals surface area contributed by atoms with Gasteiger partial charge >= 0.3 is 0 Å². The van der Waals surface area contributed by atoms with Gasteiger partial charge in [-0.2, -0.15) is 0 Å². The van der Waals surface area contributed by atoms with Gasteiger partial charge < -0.3 is 0 Å². The van der Waals surface area contributed by atoms with E-state index in [1.807, 2.05) is 48.5 Å². The Morgan fingerprint density at radius 1 is 0.650 bits per heavy atom. The number of rotatable bonds is 5. The Bertz CT molecular complexity index is 558. The zero-order valence-corrected chi connectivity index (χ0v) is 13.8. The lowest BCUT2D eigenvalue weighted by atomic mass is 10.0. The fraction of sp³-hybridized carbons (Fsp3) is 0.125. The monoisotopic (exact) mass is 394 g/mol. The average molecular weight is 396 g/mol. The van der Waals surface area contributed by atoms with Crippen LogP contribution in [0.4, 0.5) is 0 Å². The van der Waals surface area contributed by atoms with Gasteiger partial charge in [0.1, 0.15) is 0 Å². The Labute approximate surface area is 134 Å². The molecule has 0 bridgehead atoms. The first kappa shape index (κ1) is 15.1. The highest BCUT2D eigenvalue weighted by Gasteiger charge is 2.14. The molecule has 0 spiro atoms. The molecule has 0 heterocycles. The van der Waals surface area contributed by atoms with Crippen molar-refractivity contribution < 1.29 is 9.59 Å². The second-order valence-corrected chi connectivity index (χ2v) is 6.28. The molecule has 2 aromatic rings. The predicted octanol–water partition coefficient (Wildman–Crippen LogP) is 4.14. The quantitative estimate of drug-likeness (QED) is 0.713. The summed E-state index contributed by atoms with van der Waals surface area (Å²) in [6.45, 7) is 0. The van der Waals surface area contributed by atoms with E-state index in [9.17, 15) is 9.59 Å². The molecule has 2 rings (SSSR count). The van der Waals surface area contributed by atoms with Crippen LogP contribution in [0.25, 0.3) is 0 Å². The summed E-state index contributed by atoms with van der Waals surface area (Å²) in [4.78, 5) is 23.8. The zero-order valence-electron chi connectivity index (χ0n) is 10.6. The van der Waals surface area contributed by atoms with Crippen LogP contribution in [-0.2, 0) is 22.4 Å². The summed E-state index contributed by atoms with van der Waals surface area (Å²) in [6, 6.07) is 14.8. The van der Waals surface area contributed by atoms with Gasteiger partial charge in [-0.1, -0.05) is 56.1 Å². The van der Waals surface area contributed by atoms with Crippen molar-refractivity contribution in [2.45, 2.75) is 12.8 Å². The van der Waals surface area contributed by atoms with E-state index in [-0.39, 0.29) is 24.4 Å². The number of hydrogen-bond donors (Lipinski definition) is 0. The maximum Gasteiger partial charge on any atom is 0.203 e. The third-order valence-corrected chi connectivity index (χ3v) is 3.92. The number of hydrogen-bond acceptors (Lipinski definition) is 2. The van der Waals surface area contributed by atoms with Gasteiger partial charge in [0.05, 0.1) is 0 Å². The van der Waals surface area contributed by atoms with E-state index in [4.69, 9.17) is 0 Å². The summed E-state index contributed by atoms with van der Waals surface area (Å²) in [5, 5.41) is 0. The lowest BCUT2D eigenvalue weighted by Crippen LogP contribution is -2.18. The van der Waals surface area contributed by atoms with Crippen molar-refractivity contribution in [3.63, 3.8) is 0 Å². The first-order chi connectivity index (χ1) is 9.54. The van der Waals surface area contributed by atoms with Crippen LogP contribution in [0.1, 0.15) is 11.1 Å². The SMILES string of the molecule is O=C(Cc1ccc(Br)cc1)C(=O)Cc1ccc(Br)cc1. The third kappa shape index (κ3) is 4.39. The van der Waals surface area contributed by atoms with Crippen LogP contribution in [0.3, 0.4) is 0 Å². The highest BCUT2D eigenvalue weighted by atomic mass is 79.9. The first-order valence-electron chi connectivity index (χ1n) is 6.09. The van der Waals surface area contributed by atoms with Crippen LogP contribution in [-0.4, -0.2) is 11.6 Å². The van der Waals surface area contributed by atoms with Gasteiger partial charge in [-0.3, -0.25) is 9.59 Å². The smallest absolute Gasteiger partial charge is 0.203 e. The van der Waals surface area contributed by atoms with Gasteiger partial charge in [0, 0.05) is 21.8 Å². The molecule has 2 nitrogen and oxygen atoms in total. The Balaban J connectivity index is 1.96. The van der Waals surface area contributed by atoms with Crippen molar-refractivity contribution in [2.75, 3.05) is 0 Å². The van der Waals surface area contributed by atoms with Crippen LogP contribution in [0.2, 0.25) is 0 Å². The van der Waals surface area contributed by atoms with Crippen molar-refractivity contribution in [1.82, 2.24) is 0 Å². The summed E-state index contributed by atoms with van der Waals surface area (Å²) >= 11 is 6.67. The van der Waals surface area contributed by atoms with Crippen LogP contribution >= 0.6 is 31.9 Å². The number of ketones is 2. The number of benzene rings is 2. The van der Waals surface area contributed by atoms with E-state index in [1.54, 1.807) is 0 Å². The van der Waals surface area contributed by atoms with Crippen molar-refractivity contribution in [2.24, 2.45) is 0 Å². The fourth-order valence-corrected chi connectivity index (χ4v) is 2.30. The highest BCUT2D eigenvalue weighted by molar-refractivity contribution is 9.10. The third-order valence-electron chi connectivity index (χ3n) is 2.87. The Morgan fingerprint density at radius 2 is 0.950 bits per heavy atom. The van der Waals surface area contributed by atoms with Gasteiger partial charge in [0.2, 0.25) is 11.6 Å². The number of halogens is 2. The number of carbonyl (C=O) groups excluding carboxylic acids is 2. The molecule has 0 unspecified atom stereocenters. The van der Waals surface area contributed by atoms with Gasteiger partial charge in [0.25, 0.3) is 0 Å². The summed E-state index contributed by atoms with van der Waals surface area (Å²) < 4.78 is 1.91. The van der Waals surface area contributed by atoms with Gasteiger partial charge in [-0.25, -0.2) is 0 Å². The van der Waals surface area contributed by atoms with Crippen molar-refractivity contribution in [3.8, 4) is 0 Å². The van der Waals surface area contributed by atoms with Crippen LogP contribution in [0.15, 0.2) is 57.5 Å². The molecule has 2 aromatic carbocycles. The summed E-state index contributed by atoms with van der Waals surface area (Å²) in [6.07, 6.45) is 0.311. The fourth-order valence-electron chi connectivity index (χ4n) is 1.77. The predicted molar refractivity (Wildman–Crippen MR) is 85.7 cm³/mol. The van der Waals surface area contributed by atoms with E-state index in [2.05, 4.69) is 31.9 Å².